The summed E-state index contributed by atoms with van der Waals surface area (Å²) in [7, 11) is 0. The third-order valence-corrected chi connectivity index (χ3v) is 4.38. The number of hydrogen-bond donors (Lipinski definition) is 1. The predicted molar refractivity (Wildman–Crippen MR) is 93.9 cm³/mol. The van der Waals surface area contributed by atoms with Crippen LogP contribution in [0.3, 0.4) is 0 Å². The van der Waals surface area contributed by atoms with Gasteiger partial charge in [-0.25, -0.2) is 4.79 Å². The van der Waals surface area contributed by atoms with Crippen LogP contribution in [0, 0.1) is 20.8 Å². The van der Waals surface area contributed by atoms with Crippen molar-refractivity contribution >= 4 is 27.8 Å². The molecule has 1 aromatic heterocycles. The second kappa shape index (κ2) is 7.66. The first-order valence-electron chi connectivity index (χ1n) is 7.58. The van der Waals surface area contributed by atoms with Crippen molar-refractivity contribution < 1.29 is 18.7 Å². The summed E-state index contributed by atoms with van der Waals surface area (Å²) in [6, 6.07) is 7.48. The standard InChI is InChI=1S/C18H20BrNO4/c1-10-12(3)24-13(4)17(10)18(22)23-9-16(21)20-11(2)14-5-7-15(19)8-6-14/h5-8,11H,9H2,1-4H3,(H,20,21)/t11-/m1/s1. The summed E-state index contributed by atoms with van der Waals surface area (Å²) in [5, 5.41) is 2.80. The van der Waals surface area contributed by atoms with Crippen molar-refractivity contribution in [3.63, 3.8) is 0 Å². The van der Waals surface area contributed by atoms with Crippen LogP contribution in [0.4, 0.5) is 0 Å². The number of ether oxygens (including phenoxy) is 1. The highest BCUT2D eigenvalue weighted by Crippen LogP contribution is 2.21. The van der Waals surface area contributed by atoms with E-state index in [9.17, 15) is 9.59 Å². The van der Waals surface area contributed by atoms with Gasteiger partial charge in [-0.3, -0.25) is 4.79 Å². The van der Waals surface area contributed by atoms with Crippen LogP contribution in [0.2, 0.25) is 0 Å². The quantitative estimate of drug-likeness (QED) is 0.779. The molecule has 0 saturated heterocycles. The molecule has 1 aromatic carbocycles. The molecule has 0 spiro atoms. The van der Waals surface area contributed by atoms with E-state index in [0.29, 0.717) is 17.1 Å². The van der Waals surface area contributed by atoms with Crippen LogP contribution in [-0.2, 0) is 9.53 Å². The second-order valence-corrected chi connectivity index (χ2v) is 6.55. The number of rotatable bonds is 5. The summed E-state index contributed by atoms with van der Waals surface area (Å²) >= 11 is 3.37. The summed E-state index contributed by atoms with van der Waals surface area (Å²) in [6.07, 6.45) is 0. The molecule has 24 heavy (non-hydrogen) atoms. The minimum absolute atomic E-state index is 0.177. The van der Waals surface area contributed by atoms with Crippen molar-refractivity contribution in [3.8, 4) is 0 Å². The predicted octanol–water partition coefficient (Wildman–Crippen LogP) is 4.00. The fraction of sp³-hybridized carbons (Fsp3) is 0.333. The zero-order valence-electron chi connectivity index (χ0n) is 14.1. The Labute approximate surface area is 149 Å². The highest BCUT2D eigenvalue weighted by Gasteiger charge is 2.21. The molecular weight excluding hydrogens is 374 g/mol. The number of nitrogens with one attached hydrogen (secondary N) is 1. The SMILES string of the molecule is Cc1oc(C)c(C(=O)OCC(=O)N[C@H](C)c2ccc(Br)cc2)c1C. The minimum Gasteiger partial charge on any atom is -0.465 e. The summed E-state index contributed by atoms with van der Waals surface area (Å²) in [4.78, 5) is 24.1. The maximum absolute atomic E-state index is 12.1. The molecule has 5 nitrogen and oxygen atoms in total. The summed E-state index contributed by atoms with van der Waals surface area (Å²) in [5.41, 5.74) is 2.09. The van der Waals surface area contributed by atoms with Crippen LogP contribution in [0.25, 0.3) is 0 Å². The largest absolute Gasteiger partial charge is 0.465 e. The maximum atomic E-state index is 12.1. The summed E-state index contributed by atoms with van der Waals surface area (Å²) in [5.74, 6) is 0.272. The fourth-order valence-electron chi connectivity index (χ4n) is 2.42. The van der Waals surface area contributed by atoms with Crippen molar-refractivity contribution in [2.24, 2.45) is 0 Å². The van der Waals surface area contributed by atoms with Gasteiger partial charge in [0.05, 0.1) is 6.04 Å². The van der Waals surface area contributed by atoms with Crippen LogP contribution in [0.5, 0.6) is 0 Å². The van der Waals surface area contributed by atoms with E-state index in [-0.39, 0.29) is 18.6 Å². The van der Waals surface area contributed by atoms with E-state index in [4.69, 9.17) is 9.15 Å². The molecule has 128 valence electrons. The van der Waals surface area contributed by atoms with Gasteiger partial charge in [0, 0.05) is 10.0 Å². The van der Waals surface area contributed by atoms with E-state index in [0.717, 1.165) is 15.6 Å². The number of carbonyl (C=O) groups is 2. The van der Waals surface area contributed by atoms with Gasteiger partial charge in [0.25, 0.3) is 5.91 Å². The third-order valence-electron chi connectivity index (χ3n) is 3.85. The van der Waals surface area contributed by atoms with Crippen LogP contribution in [-0.4, -0.2) is 18.5 Å². The van der Waals surface area contributed by atoms with Crippen LogP contribution < -0.4 is 5.32 Å². The van der Waals surface area contributed by atoms with Crippen molar-refractivity contribution in [1.82, 2.24) is 5.32 Å². The lowest BCUT2D eigenvalue weighted by Crippen LogP contribution is -2.31. The van der Waals surface area contributed by atoms with E-state index < -0.39 is 5.97 Å². The molecule has 1 N–H and O–H groups in total. The van der Waals surface area contributed by atoms with Gasteiger partial charge in [0.2, 0.25) is 0 Å². The number of halogens is 1. The number of hydrogen-bond acceptors (Lipinski definition) is 4. The second-order valence-electron chi connectivity index (χ2n) is 5.63. The van der Waals surface area contributed by atoms with Crippen molar-refractivity contribution in [2.45, 2.75) is 33.7 Å². The number of esters is 1. The van der Waals surface area contributed by atoms with Crippen LogP contribution in [0.1, 0.15) is 46.0 Å². The lowest BCUT2D eigenvalue weighted by Gasteiger charge is -2.14. The highest BCUT2D eigenvalue weighted by molar-refractivity contribution is 9.10. The summed E-state index contributed by atoms with van der Waals surface area (Å²) in [6.45, 7) is 6.82. The first kappa shape index (κ1) is 18.3. The van der Waals surface area contributed by atoms with Crippen molar-refractivity contribution in [2.75, 3.05) is 6.61 Å². The molecule has 2 rings (SSSR count). The Morgan fingerprint density at radius 1 is 1.17 bits per heavy atom. The summed E-state index contributed by atoms with van der Waals surface area (Å²) < 4.78 is 11.5. The monoisotopic (exact) mass is 393 g/mol. The molecule has 0 aliphatic heterocycles. The lowest BCUT2D eigenvalue weighted by atomic mass is 10.1. The van der Waals surface area contributed by atoms with Gasteiger partial charge in [-0.05, 0) is 45.4 Å². The molecule has 0 unspecified atom stereocenters. The molecule has 6 heteroatoms. The maximum Gasteiger partial charge on any atom is 0.342 e. The Kier molecular flexibility index (Phi) is 5.83. The molecule has 1 amide bonds. The lowest BCUT2D eigenvalue weighted by molar-refractivity contribution is -0.124. The Morgan fingerprint density at radius 3 is 2.33 bits per heavy atom. The van der Waals surface area contributed by atoms with Gasteiger partial charge in [-0.1, -0.05) is 28.1 Å². The molecule has 1 atom stereocenters. The average Bonchev–Trinajstić information content (AvgIpc) is 2.78. The minimum atomic E-state index is -0.548. The topological polar surface area (TPSA) is 68.5 Å². The Bertz CT molecular complexity index is 749. The smallest absolute Gasteiger partial charge is 0.342 e. The average molecular weight is 394 g/mol. The van der Waals surface area contributed by atoms with Crippen molar-refractivity contribution in [3.05, 3.63) is 56.9 Å². The molecule has 0 fully saturated rings. The van der Waals surface area contributed by atoms with E-state index in [1.807, 2.05) is 31.2 Å². The number of furan rings is 1. The highest BCUT2D eigenvalue weighted by atomic mass is 79.9. The van der Waals surface area contributed by atoms with Gasteiger partial charge < -0.3 is 14.5 Å². The molecule has 0 saturated carbocycles. The third kappa shape index (κ3) is 4.26. The molecular formula is C18H20BrNO4. The van der Waals surface area contributed by atoms with E-state index >= 15 is 0 Å². The zero-order chi connectivity index (χ0) is 17.9. The fourth-order valence-corrected chi connectivity index (χ4v) is 2.68. The van der Waals surface area contributed by atoms with Crippen molar-refractivity contribution in [1.29, 1.82) is 0 Å². The number of amides is 1. The molecule has 0 bridgehead atoms. The Hall–Kier alpha value is -2.08. The van der Waals surface area contributed by atoms with Gasteiger partial charge in [-0.15, -0.1) is 0 Å². The molecule has 1 heterocycles. The van der Waals surface area contributed by atoms with Crippen LogP contribution >= 0.6 is 15.9 Å². The van der Waals surface area contributed by atoms with Gasteiger partial charge in [0.15, 0.2) is 6.61 Å². The molecule has 2 aromatic rings. The molecule has 0 aliphatic carbocycles. The number of benzene rings is 1. The zero-order valence-corrected chi connectivity index (χ0v) is 15.7. The first-order chi connectivity index (χ1) is 11.3. The Morgan fingerprint density at radius 2 is 1.79 bits per heavy atom. The van der Waals surface area contributed by atoms with Gasteiger partial charge >= 0.3 is 5.97 Å². The Balaban J connectivity index is 1.91. The first-order valence-corrected chi connectivity index (χ1v) is 8.37. The molecule has 0 radical (unpaired) electrons. The molecule has 0 aliphatic rings. The number of aryl methyl sites for hydroxylation is 2. The van der Waals surface area contributed by atoms with E-state index in [1.165, 1.54) is 0 Å². The van der Waals surface area contributed by atoms with Crippen LogP contribution in [0.15, 0.2) is 33.2 Å². The number of carbonyl (C=O) groups excluding carboxylic acids is 2. The van der Waals surface area contributed by atoms with E-state index in [2.05, 4.69) is 21.2 Å². The van der Waals surface area contributed by atoms with E-state index in [1.54, 1.807) is 20.8 Å². The normalized spacial score (nSPS) is 11.9. The van der Waals surface area contributed by atoms with Gasteiger partial charge in [0.1, 0.15) is 17.1 Å². The van der Waals surface area contributed by atoms with Gasteiger partial charge in [-0.2, -0.15) is 0 Å².